The molecule has 0 saturated carbocycles. The average molecular weight is 384 g/mol. The highest BCUT2D eigenvalue weighted by molar-refractivity contribution is 6.32. The molecular weight excluding hydrogens is 366 g/mol. The molecule has 0 aliphatic carbocycles. The topological polar surface area (TPSA) is 84.1 Å². The lowest BCUT2D eigenvalue weighted by Gasteiger charge is -2.11. The van der Waals surface area contributed by atoms with Gasteiger partial charge in [-0.3, -0.25) is 14.7 Å². The van der Waals surface area contributed by atoms with Crippen LogP contribution in [0.4, 0.5) is 5.69 Å². The molecule has 3 rings (SSSR count). The van der Waals surface area contributed by atoms with Crippen LogP contribution < -0.4 is 10.1 Å². The Morgan fingerprint density at radius 1 is 1.19 bits per heavy atom. The van der Waals surface area contributed by atoms with Gasteiger partial charge in [-0.15, -0.1) is 0 Å². The molecule has 0 unspecified atom stereocenters. The Bertz CT molecular complexity index is 965. The number of hydrogen-bond donors (Lipinski definition) is 2. The Kier molecular flexibility index (Phi) is 5.57. The van der Waals surface area contributed by atoms with Crippen molar-refractivity contribution in [1.29, 1.82) is 0 Å². The number of halogens is 1. The minimum atomic E-state index is -0.335. The number of benzene rings is 2. The van der Waals surface area contributed by atoms with E-state index in [9.17, 15) is 9.59 Å². The Morgan fingerprint density at radius 2 is 1.93 bits per heavy atom. The molecule has 0 radical (unpaired) electrons. The number of rotatable bonds is 6. The maximum absolute atomic E-state index is 12.4. The zero-order valence-corrected chi connectivity index (χ0v) is 15.6. The zero-order valence-electron chi connectivity index (χ0n) is 14.8. The van der Waals surface area contributed by atoms with Gasteiger partial charge >= 0.3 is 0 Å². The molecular formula is C20H18ClN3O3. The normalized spacial score (nSPS) is 10.7. The van der Waals surface area contributed by atoms with E-state index in [1.54, 1.807) is 42.5 Å². The predicted octanol–water partition coefficient (Wildman–Crippen LogP) is 4.58. The van der Waals surface area contributed by atoms with Gasteiger partial charge in [0, 0.05) is 16.8 Å². The van der Waals surface area contributed by atoms with E-state index in [2.05, 4.69) is 15.5 Å². The molecule has 2 aromatic carbocycles. The molecule has 27 heavy (non-hydrogen) atoms. The molecule has 0 spiro atoms. The third-order valence-corrected chi connectivity index (χ3v) is 4.01. The highest BCUT2D eigenvalue weighted by atomic mass is 35.5. The fraction of sp³-hybridized carbons (Fsp3) is 0.150. The Labute approximate surface area is 161 Å². The Balaban J connectivity index is 1.74. The Hall–Kier alpha value is -3.12. The van der Waals surface area contributed by atoms with Crippen LogP contribution in [0.2, 0.25) is 5.02 Å². The van der Waals surface area contributed by atoms with Crippen molar-refractivity contribution in [2.24, 2.45) is 0 Å². The van der Waals surface area contributed by atoms with Gasteiger partial charge < -0.3 is 10.1 Å². The van der Waals surface area contributed by atoms with Crippen LogP contribution in [0.3, 0.4) is 0 Å². The lowest BCUT2D eigenvalue weighted by molar-refractivity contribution is 0.102. The van der Waals surface area contributed by atoms with Crippen LogP contribution in [0.5, 0.6) is 5.75 Å². The van der Waals surface area contributed by atoms with Crippen LogP contribution in [0, 0.1) is 0 Å². The number of ether oxygens (including phenoxy) is 1. The van der Waals surface area contributed by atoms with E-state index < -0.39 is 0 Å². The van der Waals surface area contributed by atoms with Gasteiger partial charge in [-0.25, -0.2) is 0 Å². The smallest absolute Gasteiger partial charge is 0.273 e. The van der Waals surface area contributed by atoms with E-state index in [4.69, 9.17) is 16.3 Å². The summed E-state index contributed by atoms with van der Waals surface area (Å²) in [6.07, 6.45) is 0.768. The van der Waals surface area contributed by atoms with Gasteiger partial charge in [0.05, 0.1) is 16.8 Å². The van der Waals surface area contributed by atoms with Crippen LogP contribution in [0.15, 0.2) is 48.5 Å². The molecule has 3 aromatic rings. The largest absolute Gasteiger partial charge is 0.489 e. The van der Waals surface area contributed by atoms with Crippen molar-refractivity contribution >= 4 is 29.5 Å². The minimum absolute atomic E-state index is 0.0228. The number of amides is 1. The van der Waals surface area contributed by atoms with Crippen LogP contribution in [0.1, 0.15) is 34.7 Å². The summed E-state index contributed by atoms with van der Waals surface area (Å²) in [5, 5.41) is 10.1. The fourth-order valence-corrected chi connectivity index (χ4v) is 2.66. The van der Waals surface area contributed by atoms with E-state index in [0.717, 1.165) is 11.8 Å². The van der Waals surface area contributed by atoms with Gasteiger partial charge in [0.2, 0.25) is 0 Å². The van der Waals surface area contributed by atoms with Crippen molar-refractivity contribution in [3.63, 3.8) is 0 Å². The number of aromatic amines is 1. The first-order chi connectivity index (χ1) is 13.0. The van der Waals surface area contributed by atoms with Gasteiger partial charge in [0.1, 0.15) is 17.7 Å². The van der Waals surface area contributed by atoms with E-state index >= 15 is 0 Å². The second-order valence-electron chi connectivity index (χ2n) is 6.17. The molecule has 7 heteroatoms. The summed E-state index contributed by atoms with van der Waals surface area (Å²) in [5.41, 5.74) is 2.79. The summed E-state index contributed by atoms with van der Waals surface area (Å²) in [5.74, 6) is 0.265. The molecule has 138 valence electrons. The van der Waals surface area contributed by atoms with Gasteiger partial charge in [0.15, 0.2) is 0 Å². The third-order valence-electron chi connectivity index (χ3n) is 3.72. The lowest BCUT2D eigenvalue weighted by Crippen LogP contribution is -2.12. The quantitative estimate of drug-likeness (QED) is 0.610. The number of carbonyl (C=O) groups is 2. The number of anilines is 1. The number of H-pyrrole nitrogens is 1. The molecule has 0 fully saturated rings. The predicted molar refractivity (Wildman–Crippen MR) is 105 cm³/mol. The maximum atomic E-state index is 12.4. The van der Waals surface area contributed by atoms with Crippen molar-refractivity contribution in [3.8, 4) is 17.0 Å². The fourth-order valence-electron chi connectivity index (χ4n) is 2.44. The standard InChI is InChI=1S/C20H18ClN3O3/c1-12(2)27-19-8-5-14(9-16(19)21)17-10-18(24-23-17)20(26)22-15-6-3-13(11-25)4-7-15/h3-12H,1-2H3,(H,22,26)(H,23,24). The summed E-state index contributed by atoms with van der Waals surface area (Å²) in [7, 11) is 0. The van der Waals surface area contributed by atoms with Gasteiger partial charge in [-0.2, -0.15) is 5.10 Å². The minimum Gasteiger partial charge on any atom is -0.489 e. The van der Waals surface area contributed by atoms with Crippen LogP contribution in [-0.4, -0.2) is 28.5 Å². The summed E-state index contributed by atoms with van der Waals surface area (Å²) >= 11 is 6.26. The highest BCUT2D eigenvalue weighted by Crippen LogP contribution is 2.30. The second kappa shape index (κ2) is 8.05. The molecule has 0 aliphatic rings. The SMILES string of the molecule is CC(C)Oc1ccc(-c2cc(C(=O)Nc3ccc(C=O)cc3)[nH]n2)cc1Cl. The molecule has 0 saturated heterocycles. The van der Waals surface area contributed by atoms with Crippen molar-refractivity contribution in [2.45, 2.75) is 20.0 Å². The first kappa shape index (κ1) is 18.7. The summed E-state index contributed by atoms with van der Waals surface area (Å²) < 4.78 is 5.62. The number of aromatic nitrogens is 2. The molecule has 0 bridgehead atoms. The molecule has 1 heterocycles. The van der Waals surface area contributed by atoms with Gasteiger partial charge in [-0.05, 0) is 62.4 Å². The van der Waals surface area contributed by atoms with E-state index in [-0.39, 0.29) is 12.0 Å². The highest BCUT2D eigenvalue weighted by Gasteiger charge is 2.13. The monoisotopic (exact) mass is 383 g/mol. The first-order valence-electron chi connectivity index (χ1n) is 8.35. The summed E-state index contributed by atoms with van der Waals surface area (Å²) in [4.78, 5) is 23.0. The van der Waals surface area contributed by atoms with Crippen molar-refractivity contribution in [3.05, 3.63) is 64.8 Å². The van der Waals surface area contributed by atoms with E-state index in [0.29, 0.717) is 33.4 Å². The molecule has 6 nitrogen and oxygen atoms in total. The zero-order chi connectivity index (χ0) is 19.4. The molecule has 0 atom stereocenters. The molecule has 1 amide bonds. The summed E-state index contributed by atoms with van der Waals surface area (Å²) in [6.45, 7) is 3.85. The number of aldehydes is 1. The van der Waals surface area contributed by atoms with Crippen molar-refractivity contribution < 1.29 is 14.3 Å². The van der Waals surface area contributed by atoms with Gasteiger partial charge in [0.25, 0.3) is 5.91 Å². The molecule has 1 aromatic heterocycles. The number of carbonyl (C=O) groups excluding carboxylic acids is 2. The molecule has 2 N–H and O–H groups in total. The van der Waals surface area contributed by atoms with Crippen LogP contribution in [-0.2, 0) is 0 Å². The molecule has 0 aliphatic heterocycles. The van der Waals surface area contributed by atoms with Crippen molar-refractivity contribution in [2.75, 3.05) is 5.32 Å². The van der Waals surface area contributed by atoms with Gasteiger partial charge in [-0.1, -0.05) is 11.6 Å². The Morgan fingerprint density at radius 3 is 2.56 bits per heavy atom. The van der Waals surface area contributed by atoms with E-state index in [1.807, 2.05) is 19.9 Å². The summed E-state index contributed by atoms with van der Waals surface area (Å²) in [6, 6.07) is 13.6. The van der Waals surface area contributed by atoms with Crippen molar-refractivity contribution in [1.82, 2.24) is 10.2 Å². The van der Waals surface area contributed by atoms with Crippen LogP contribution >= 0.6 is 11.6 Å². The average Bonchev–Trinajstić information content (AvgIpc) is 3.14. The number of hydrogen-bond acceptors (Lipinski definition) is 4. The third kappa shape index (κ3) is 4.54. The maximum Gasteiger partial charge on any atom is 0.273 e. The first-order valence-corrected chi connectivity index (χ1v) is 8.72. The number of nitrogens with one attached hydrogen (secondary N) is 2. The number of nitrogens with zero attached hydrogens (tertiary/aromatic N) is 1. The van der Waals surface area contributed by atoms with E-state index in [1.165, 1.54) is 0 Å². The van der Waals surface area contributed by atoms with Crippen LogP contribution in [0.25, 0.3) is 11.3 Å². The lowest BCUT2D eigenvalue weighted by atomic mass is 10.1. The second-order valence-corrected chi connectivity index (χ2v) is 6.58.